The summed E-state index contributed by atoms with van der Waals surface area (Å²) >= 11 is 1.28. The van der Waals surface area contributed by atoms with Gasteiger partial charge in [0.2, 0.25) is 5.91 Å². The van der Waals surface area contributed by atoms with Crippen molar-refractivity contribution in [3.63, 3.8) is 0 Å². The number of aryl methyl sites for hydroxylation is 1. The minimum absolute atomic E-state index is 0.0702. The van der Waals surface area contributed by atoms with Gasteiger partial charge in [-0.3, -0.25) is 14.6 Å². The van der Waals surface area contributed by atoms with Crippen molar-refractivity contribution in [1.82, 2.24) is 10.3 Å². The Morgan fingerprint density at radius 3 is 2.61 bits per heavy atom. The van der Waals surface area contributed by atoms with Gasteiger partial charge in [0.15, 0.2) is 0 Å². The van der Waals surface area contributed by atoms with E-state index in [9.17, 15) is 9.59 Å². The van der Waals surface area contributed by atoms with Crippen LogP contribution in [0.15, 0.2) is 30.5 Å². The van der Waals surface area contributed by atoms with E-state index in [0.29, 0.717) is 16.4 Å². The average Bonchev–Trinajstić information content (AvgIpc) is 2.85. The van der Waals surface area contributed by atoms with E-state index < -0.39 is 5.41 Å². The summed E-state index contributed by atoms with van der Waals surface area (Å²) in [5, 5.41) is 6.39. The van der Waals surface area contributed by atoms with Crippen LogP contribution in [0.2, 0.25) is 0 Å². The fraction of sp³-hybridized carbons (Fsp3) is 0.353. The minimum Gasteiger partial charge on any atom is -0.346 e. The van der Waals surface area contributed by atoms with Crippen LogP contribution in [0.4, 0.5) is 5.00 Å². The number of nitrogens with zero attached hydrogens (tertiary/aromatic N) is 1. The second kappa shape index (κ2) is 6.91. The van der Waals surface area contributed by atoms with Crippen molar-refractivity contribution in [2.24, 2.45) is 5.41 Å². The summed E-state index contributed by atoms with van der Waals surface area (Å²) in [5.41, 5.74) is 1.17. The van der Waals surface area contributed by atoms with Crippen LogP contribution in [0.1, 0.15) is 41.7 Å². The van der Waals surface area contributed by atoms with Crippen molar-refractivity contribution in [2.45, 2.75) is 34.2 Å². The Balaban J connectivity index is 2.02. The number of carbonyl (C=O) groups excluding carboxylic acids is 2. The van der Waals surface area contributed by atoms with E-state index in [1.165, 1.54) is 11.3 Å². The molecule has 0 aliphatic carbocycles. The fourth-order valence-corrected chi connectivity index (χ4v) is 2.81. The zero-order chi connectivity index (χ0) is 17.0. The molecule has 2 amide bonds. The first-order valence-corrected chi connectivity index (χ1v) is 8.19. The number of aromatic nitrogens is 1. The molecule has 0 saturated heterocycles. The van der Waals surface area contributed by atoms with Gasteiger partial charge in [0.1, 0.15) is 0 Å². The predicted octanol–water partition coefficient (Wildman–Crippen LogP) is 3.37. The molecule has 0 unspecified atom stereocenters. The van der Waals surface area contributed by atoms with Crippen LogP contribution in [0.5, 0.6) is 0 Å². The average molecular weight is 331 g/mol. The zero-order valence-corrected chi connectivity index (χ0v) is 14.6. The zero-order valence-electron chi connectivity index (χ0n) is 13.8. The number of hydrogen-bond acceptors (Lipinski definition) is 4. The van der Waals surface area contributed by atoms with E-state index in [1.54, 1.807) is 6.20 Å². The third kappa shape index (κ3) is 4.63. The highest BCUT2D eigenvalue weighted by Crippen LogP contribution is 2.28. The predicted molar refractivity (Wildman–Crippen MR) is 92.5 cm³/mol. The molecule has 23 heavy (non-hydrogen) atoms. The number of nitrogens with one attached hydrogen (secondary N) is 2. The lowest BCUT2D eigenvalue weighted by Gasteiger charge is -2.16. The quantitative estimate of drug-likeness (QED) is 0.902. The third-order valence-corrected chi connectivity index (χ3v) is 4.35. The van der Waals surface area contributed by atoms with E-state index in [0.717, 1.165) is 11.3 Å². The lowest BCUT2D eigenvalue weighted by molar-refractivity contribution is -0.123. The van der Waals surface area contributed by atoms with Crippen molar-refractivity contribution in [1.29, 1.82) is 0 Å². The van der Waals surface area contributed by atoms with Crippen LogP contribution < -0.4 is 10.6 Å². The summed E-state index contributed by atoms with van der Waals surface area (Å²) < 4.78 is 0. The highest BCUT2D eigenvalue weighted by atomic mass is 32.1. The number of anilines is 1. The topological polar surface area (TPSA) is 71.1 Å². The maximum absolute atomic E-state index is 12.3. The number of carbonyl (C=O) groups is 2. The molecule has 0 radical (unpaired) electrons. The first-order valence-electron chi connectivity index (χ1n) is 7.37. The summed E-state index contributed by atoms with van der Waals surface area (Å²) in [6.07, 6.45) is 1.69. The molecule has 0 saturated carbocycles. The van der Waals surface area contributed by atoms with Crippen molar-refractivity contribution >= 4 is 28.2 Å². The van der Waals surface area contributed by atoms with Crippen molar-refractivity contribution in [3.8, 4) is 0 Å². The Morgan fingerprint density at radius 2 is 2.00 bits per heavy atom. The van der Waals surface area contributed by atoms with Gasteiger partial charge in [0, 0.05) is 11.6 Å². The molecule has 0 aliphatic rings. The fourth-order valence-electron chi connectivity index (χ4n) is 1.82. The van der Waals surface area contributed by atoms with E-state index in [-0.39, 0.29) is 11.8 Å². The molecule has 0 spiro atoms. The summed E-state index contributed by atoms with van der Waals surface area (Å²) in [5.74, 6) is -0.228. The van der Waals surface area contributed by atoms with Gasteiger partial charge in [-0.05, 0) is 30.7 Å². The Hall–Kier alpha value is -2.21. The molecule has 2 N–H and O–H groups in total. The maximum Gasteiger partial charge on any atom is 0.262 e. The van der Waals surface area contributed by atoms with Crippen LogP contribution in [-0.4, -0.2) is 16.8 Å². The standard InChI is InChI=1S/C17H21N3O2S/c1-11-9-13(20-16(22)17(2,3)4)23-14(11)15(21)19-10-12-7-5-6-8-18-12/h5-9H,10H2,1-4H3,(H,19,21)(H,20,22). The van der Waals surface area contributed by atoms with Gasteiger partial charge in [-0.25, -0.2) is 0 Å². The van der Waals surface area contributed by atoms with Gasteiger partial charge in [0.05, 0.1) is 22.1 Å². The molecular formula is C17H21N3O2S. The van der Waals surface area contributed by atoms with Crippen molar-refractivity contribution in [3.05, 3.63) is 46.6 Å². The Kier molecular flexibility index (Phi) is 5.15. The molecule has 2 rings (SSSR count). The van der Waals surface area contributed by atoms with Gasteiger partial charge in [0.25, 0.3) is 5.91 Å². The maximum atomic E-state index is 12.3. The lowest BCUT2D eigenvalue weighted by atomic mass is 9.96. The van der Waals surface area contributed by atoms with Crippen LogP contribution in [-0.2, 0) is 11.3 Å². The summed E-state index contributed by atoms with van der Waals surface area (Å²) in [4.78, 5) is 29.1. The van der Waals surface area contributed by atoms with Crippen LogP contribution >= 0.6 is 11.3 Å². The molecule has 0 bridgehead atoms. The third-order valence-electron chi connectivity index (χ3n) is 3.20. The number of amides is 2. The molecule has 0 aliphatic heterocycles. The molecule has 5 nitrogen and oxygen atoms in total. The summed E-state index contributed by atoms with van der Waals surface area (Å²) in [6, 6.07) is 7.39. The molecule has 122 valence electrons. The molecule has 2 aromatic heterocycles. The van der Waals surface area contributed by atoms with E-state index >= 15 is 0 Å². The van der Waals surface area contributed by atoms with Crippen molar-refractivity contribution in [2.75, 3.05) is 5.32 Å². The molecule has 0 atom stereocenters. The molecule has 6 heteroatoms. The monoisotopic (exact) mass is 331 g/mol. The summed E-state index contributed by atoms with van der Waals surface area (Å²) in [6.45, 7) is 7.79. The first kappa shape index (κ1) is 17.1. The number of pyridine rings is 1. The molecule has 2 aromatic rings. The van der Waals surface area contributed by atoms with E-state index in [1.807, 2.05) is 52.0 Å². The van der Waals surface area contributed by atoms with Gasteiger partial charge >= 0.3 is 0 Å². The Labute approximate surface area is 140 Å². The van der Waals surface area contributed by atoms with Gasteiger partial charge in [-0.2, -0.15) is 0 Å². The minimum atomic E-state index is -0.473. The highest BCUT2D eigenvalue weighted by Gasteiger charge is 2.23. The van der Waals surface area contributed by atoms with Crippen LogP contribution in [0.25, 0.3) is 0 Å². The van der Waals surface area contributed by atoms with Gasteiger partial charge in [-0.15, -0.1) is 11.3 Å². The Morgan fingerprint density at radius 1 is 1.26 bits per heavy atom. The highest BCUT2D eigenvalue weighted by molar-refractivity contribution is 7.18. The number of rotatable bonds is 4. The normalized spacial score (nSPS) is 11.1. The molecule has 2 heterocycles. The SMILES string of the molecule is Cc1cc(NC(=O)C(C)(C)C)sc1C(=O)NCc1ccccn1. The Bertz CT molecular complexity index is 702. The second-order valence-electron chi connectivity index (χ2n) is 6.33. The number of thiophene rings is 1. The molecule has 0 fully saturated rings. The summed E-state index contributed by atoms with van der Waals surface area (Å²) in [7, 11) is 0. The van der Waals surface area contributed by atoms with Crippen LogP contribution in [0, 0.1) is 12.3 Å². The second-order valence-corrected chi connectivity index (χ2v) is 7.38. The molecular weight excluding hydrogens is 310 g/mol. The van der Waals surface area contributed by atoms with Crippen LogP contribution in [0.3, 0.4) is 0 Å². The smallest absolute Gasteiger partial charge is 0.262 e. The van der Waals surface area contributed by atoms with E-state index in [4.69, 9.17) is 0 Å². The molecule has 0 aromatic carbocycles. The largest absolute Gasteiger partial charge is 0.346 e. The first-order chi connectivity index (χ1) is 10.8. The van der Waals surface area contributed by atoms with Gasteiger partial charge in [-0.1, -0.05) is 26.8 Å². The number of hydrogen-bond donors (Lipinski definition) is 2. The van der Waals surface area contributed by atoms with Crippen molar-refractivity contribution < 1.29 is 9.59 Å². The van der Waals surface area contributed by atoms with E-state index in [2.05, 4.69) is 15.6 Å². The van der Waals surface area contributed by atoms with Gasteiger partial charge < -0.3 is 10.6 Å². The lowest BCUT2D eigenvalue weighted by Crippen LogP contribution is -2.27.